The number of carbonyl (C=O) groups is 1. The minimum absolute atomic E-state index is 0. The highest BCUT2D eigenvalue weighted by atomic mass is 35.5. The fourth-order valence-corrected chi connectivity index (χ4v) is 4.85. The summed E-state index contributed by atoms with van der Waals surface area (Å²) in [6, 6.07) is 5.84. The molecule has 6 nitrogen and oxygen atoms in total. The quantitative estimate of drug-likeness (QED) is 0.552. The molecule has 0 radical (unpaired) electrons. The summed E-state index contributed by atoms with van der Waals surface area (Å²) < 4.78 is 25.0. The van der Waals surface area contributed by atoms with E-state index in [9.17, 15) is 13.2 Å². The minimum atomic E-state index is -3.26. The normalized spacial score (nSPS) is 17.7. The van der Waals surface area contributed by atoms with Crippen molar-refractivity contribution < 1.29 is 13.2 Å². The van der Waals surface area contributed by atoms with E-state index in [0.29, 0.717) is 36.8 Å². The number of sulfonamides is 1. The van der Waals surface area contributed by atoms with Crippen LogP contribution in [0, 0.1) is 0 Å². The Kier molecular flexibility index (Phi) is 7.94. The van der Waals surface area contributed by atoms with E-state index in [1.807, 2.05) is 6.07 Å². The van der Waals surface area contributed by atoms with Crippen LogP contribution in [0.15, 0.2) is 18.2 Å². The van der Waals surface area contributed by atoms with Gasteiger partial charge < -0.3 is 10.6 Å². The third-order valence-corrected chi connectivity index (χ3v) is 6.47. The van der Waals surface area contributed by atoms with Gasteiger partial charge in [0.05, 0.1) is 11.9 Å². The van der Waals surface area contributed by atoms with Crippen molar-refractivity contribution in [1.29, 1.82) is 0 Å². The molecule has 8 heteroatoms. The molecule has 0 atom stereocenters. The number of halogens is 1. The van der Waals surface area contributed by atoms with E-state index in [1.165, 1.54) is 49.1 Å². The summed E-state index contributed by atoms with van der Waals surface area (Å²) in [5.41, 5.74) is 2.20. The first-order chi connectivity index (χ1) is 12.4. The van der Waals surface area contributed by atoms with E-state index < -0.39 is 10.0 Å². The molecule has 152 valence electrons. The predicted molar refractivity (Wildman–Crippen MR) is 111 cm³/mol. The van der Waals surface area contributed by atoms with Crippen LogP contribution < -0.4 is 14.9 Å². The first kappa shape index (κ1) is 22.0. The van der Waals surface area contributed by atoms with Gasteiger partial charge in [-0.15, -0.1) is 12.4 Å². The van der Waals surface area contributed by atoms with Crippen LogP contribution in [0.2, 0.25) is 0 Å². The van der Waals surface area contributed by atoms with Crippen LogP contribution in [0.5, 0.6) is 0 Å². The summed E-state index contributed by atoms with van der Waals surface area (Å²) >= 11 is 0. The highest BCUT2D eigenvalue weighted by molar-refractivity contribution is 7.92. The van der Waals surface area contributed by atoms with Gasteiger partial charge in [0, 0.05) is 31.2 Å². The number of nitrogens with one attached hydrogen (secondary N) is 2. The van der Waals surface area contributed by atoms with E-state index in [4.69, 9.17) is 0 Å². The highest BCUT2D eigenvalue weighted by Gasteiger charge is 2.26. The first-order valence-corrected chi connectivity index (χ1v) is 11.4. The summed E-state index contributed by atoms with van der Waals surface area (Å²) in [6.45, 7) is 1.83. The Morgan fingerprint density at radius 3 is 2.52 bits per heavy atom. The molecule has 0 unspecified atom stereocenters. The van der Waals surface area contributed by atoms with Crippen LogP contribution in [-0.2, 0) is 16.4 Å². The van der Waals surface area contributed by atoms with Gasteiger partial charge in [-0.05, 0) is 43.0 Å². The third-order valence-electron chi connectivity index (χ3n) is 5.29. The monoisotopic (exact) mass is 415 g/mol. The van der Waals surface area contributed by atoms with Crippen LogP contribution in [0.3, 0.4) is 0 Å². The third kappa shape index (κ3) is 5.83. The zero-order valence-corrected chi connectivity index (χ0v) is 17.5. The second kappa shape index (κ2) is 9.75. The SMILES string of the molecule is CS(=O)(=O)N1CCc2cc(C(=O)NCCNC3CCCCCC3)ccc21.Cl. The van der Waals surface area contributed by atoms with Crippen LogP contribution in [0.25, 0.3) is 0 Å². The predicted octanol–water partition coefficient (Wildman–Crippen LogP) is 2.47. The van der Waals surface area contributed by atoms with Crippen LogP contribution >= 0.6 is 12.4 Å². The highest BCUT2D eigenvalue weighted by Crippen LogP contribution is 2.30. The second-order valence-corrected chi connectivity index (χ2v) is 9.23. The van der Waals surface area contributed by atoms with Crippen LogP contribution in [0.1, 0.15) is 54.4 Å². The maximum Gasteiger partial charge on any atom is 0.251 e. The molecule has 1 heterocycles. The molecule has 3 rings (SSSR count). The van der Waals surface area contributed by atoms with Gasteiger partial charge >= 0.3 is 0 Å². The zero-order chi connectivity index (χ0) is 18.6. The number of hydrogen-bond donors (Lipinski definition) is 2. The number of fused-ring (bicyclic) bond motifs is 1. The fourth-order valence-electron chi connectivity index (χ4n) is 3.90. The summed E-state index contributed by atoms with van der Waals surface area (Å²) in [6.07, 6.45) is 9.59. The maximum atomic E-state index is 12.4. The number of anilines is 1. The molecule has 1 saturated carbocycles. The smallest absolute Gasteiger partial charge is 0.251 e. The van der Waals surface area contributed by atoms with Crippen molar-refractivity contribution in [3.63, 3.8) is 0 Å². The number of benzene rings is 1. The summed E-state index contributed by atoms with van der Waals surface area (Å²) in [5.74, 6) is -0.103. The molecular weight excluding hydrogens is 386 g/mol. The number of carbonyl (C=O) groups excluding carboxylic acids is 1. The van der Waals surface area contributed by atoms with Crippen LogP contribution in [-0.4, -0.2) is 46.3 Å². The average molecular weight is 416 g/mol. The van der Waals surface area contributed by atoms with Crippen molar-refractivity contribution in [2.45, 2.75) is 51.0 Å². The molecule has 2 N–H and O–H groups in total. The molecule has 0 spiro atoms. The molecular formula is C19H30ClN3O3S. The lowest BCUT2D eigenvalue weighted by Gasteiger charge is -2.17. The minimum Gasteiger partial charge on any atom is -0.351 e. The number of amides is 1. The van der Waals surface area contributed by atoms with E-state index in [-0.39, 0.29) is 18.3 Å². The van der Waals surface area contributed by atoms with E-state index in [2.05, 4.69) is 10.6 Å². The average Bonchev–Trinajstić information content (AvgIpc) is 2.87. The standard InChI is InChI=1S/C19H29N3O3S.ClH/c1-26(24,25)22-13-10-15-14-16(8-9-18(15)22)19(23)21-12-11-20-17-6-4-2-3-5-7-17;/h8-9,14,17,20H,2-7,10-13H2,1H3,(H,21,23);1H. The molecule has 1 aliphatic heterocycles. The van der Waals surface area contributed by atoms with Gasteiger partial charge in [0.1, 0.15) is 0 Å². The first-order valence-electron chi connectivity index (χ1n) is 9.57. The molecule has 0 aromatic heterocycles. The maximum absolute atomic E-state index is 12.4. The Bertz CT molecular complexity index is 747. The molecule has 1 aromatic carbocycles. The van der Waals surface area contributed by atoms with Gasteiger partial charge in [0.25, 0.3) is 5.91 Å². The lowest BCUT2D eigenvalue weighted by molar-refractivity contribution is 0.0953. The van der Waals surface area contributed by atoms with Crippen LogP contribution in [0.4, 0.5) is 5.69 Å². The van der Waals surface area contributed by atoms with E-state index in [1.54, 1.807) is 12.1 Å². The molecule has 1 fully saturated rings. The summed E-state index contributed by atoms with van der Waals surface area (Å²) in [4.78, 5) is 12.4. The Hall–Kier alpha value is -1.31. The van der Waals surface area contributed by atoms with Crippen molar-refractivity contribution in [3.05, 3.63) is 29.3 Å². The Morgan fingerprint density at radius 1 is 1.15 bits per heavy atom. The largest absolute Gasteiger partial charge is 0.351 e. The van der Waals surface area contributed by atoms with Gasteiger partial charge in [-0.2, -0.15) is 0 Å². The molecule has 0 saturated heterocycles. The van der Waals surface area contributed by atoms with Gasteiger partial charge in [-0.3, -0.25) is 9.10 Å². The van der Waals surface area contributed by atoms with E-state index in [0.717, 1.165) is 12.1 Å². The lowest BCUT2D eigenvalue weighted by atomic mass is 10.1. The second-order valence-electron chi connectivity index (χ2n) is 7.33. The summed E-state index contributed by atoms with van der Waals surface area (Å²) in [7, 11) is -3.26. The number of hydrogen-bond acceptors (Lipinski definition) is 4. The van der Waals surface area contributed by atoms with Gasteiger partial charge in [-0.25, -0.2) is 8.42 Å². The molecule has 1 amide bonds. The molecule has 1 aromatic rings. The van der Waals surface area contributed by atoms with Crippen molar-refractivity contribution >= 4 is 34.0 Å². The Morgan fingerprint density at radius 2 is 1.85 bits per heavy atom. The summed E-state index contributed by atoms with van der Waals surface area (Å²) in [5, 5.41) is 6.50. The molecule has 27 heavy (non-hydrogen) atoms. The van der Waals surface area contributed by atoms with E-state index >= 15 is 0 Å². The van der Waals surface area contributed by atoms with Crippen molar-refractivity contribution in [1.82, 2.24) is 10.6 Å². The number of rotatable bonds is 6. The fraction of sp³-hybridized carbons (Fsp3) is 0.632. The van der Waals surface area contributed by atoms with Crippen molar-refractivity contribution in [2.75, 3.05) is 30.2 Å². The Labute approximate surface area is 168 Å². The zero-order valence-electron chi connectivity index (χ0n) is 15.9. The Balaban J connectivity index is 0.00000261. The lowest BCUT2D eigenvalue weighted by Crippen LogP contribution is -2.36. The van der Waals surface area contributed by atoms with Gasteiger partial charge in [-0.1, -0.05) is 25.7 Å². The molecule has 1 aliphatic carbocycles. The van der Waals surface area contributed by atoms with Crippen molar-refractivity contribution in [2.24, 2.45) is 0 Å². The number of nitrogens with zero attached hydrogens (tertiary/aromatic N) is 1. The van der Waals surface area contributed by atoms with Gasteiger partial charge in [0.2, 0.25) is 10.0 Å². The van der Waals surface area contributed by atoms with Crippen molar-refractivity contribution in [3.8, 4) is 0 Å². The molecule has 0 bridgehead atoms. The molecule has 2 aliphatic rings. The van der Waals surface area contributed by atoms with Gasteiger partial charge in [0.15, 0.2) is 0 Å². The topological polar surface area (TPSA) is 78.5 Å².